The van der Waals surface area contributed by atoms with Crippen molar-refractivity contribution < 1.29 is 32.5 Å². The molecule has 7 heteroatoms. The van der Waals surface area contributed by atoms with Crippen LogP contribution in [0.1, 0.15) is 10.4 Å². The Balaban J connectivity index is 2.46. The molecule has 2 rings (SSSR count). The summed E-state index contributed by atoms with van der Waals surface area (Å²) in [5.41, 5.74) is 0.685. The average molecular weight is 312 g/mol. The maximum absolute atomic E-state index is 12.1. The predicted octanol–water partition coefficient (Wildman–Crippen LogP) is 3.96. The molecular weight excluding hydrogens is 301 g/mol. The summed E-state index contributed by atoms with van der Waals surface area (Å²) >= 11 is 0. The first kappa shape index (κ1) is 15.7. The third-order valence-electron chi connectivity index (χ3n) is 2.85. The molecule has 0 fully saturated rings. The summed E-state index contributed by atoms with van der Waals surface area (Å²) in [7, 11) is 1.38. The number of aromatic carboxylic acids is 1. The van der Waals surface area contributed by atoms with Gasteiger partial charge >= 0.3 is 12.3 Å². The molecule has 0 saturated carbocycles. The molecule has 22 heavy (non-hydrogen) atoms. The summed E-state index contributed by atoms with van der Waals surface area (Å²) in [6.45, 7) is 0. The Morgan fingerprint density at radius 1 is 1.09 bits per heavy atom. The van der Waals surface area contributed by atoms with E-state index < -0.39 is 12.3 Å². The molecule has 1 N–H and O–H groups in total. The smallest absolute Gasteiger partial charge is 0.496 e. The van der Waals surface area contributed by atoms with Gasteiger partial charge in [-0.15, -0.1) is 13.2 Å². The molecule has 0 aliphatic carbocycles. The van der Waals surface area contributed by atoms with Crippen molar-refractivity contribution in [1.29, 1.82) is 0 Å². The van der Waals surface area contributed by atoms with Crippen LogP contribution in [0, 0.1) is 0 Å². The number of carboxylic acid groups (broad SMARTS) is 1. The van der Waals surface area contributed by atoms with Gasteiger partial charge in [0.25, 0.3) is 0 Å². The maximum atomic E-state index is 12.1. The largest absolute Gasteiger partial charge is 0.573 e. The third kappa shape index (κ3) is 3.49. The van der Waals surface area contributed by atoms with Crippen LogP contribution in [0.2, 0.25) is 0 Å². The van der Waals surface area contributed by atoms with E-state index in [0.717, 1.165) is 12.1 Å². The molecule has 2 aromatic carbocycles. The normalized spacial score (nSPS) is 11.1. The van der Waals surface area contributed by atoms with Crippen LogP contribution >= 0.6 is 0 Å². The second-order valence-electron chi connectivity index (χ2n) is 4.26. The molecule has 0 saturated heterocycles. The van der Waals surface area contributed by atoms with E-state index in [1.165, 1.54) is 31.4 Å². The minimum absolute atomic E-state index is 0.0103. The highest BCUT2D eigenvalue weighted by Gasteiger charge is 2.31. The van der Waals surface area contributed by atoms with Gasteiger partial charge in [-0.25, -0.2) is 4.79 Å². The lowest BCUT2D eigenvalue weighted by atomic mass is 9.98. The van der Waals surface area contributed by atoms with Crippen molar-refractivity contribution in [2.75, 3.05) is 7.11 Å². The maximum Gasteiger partial charge on any atom is 0.573 e. The van der Waals surface area contributed by atoms with Crippen molar-refractivity contribution in [3.63, 3.8) is 0 Å². The zero-order valence-corrected chi connectivity index (χ0v) is 11.3. The Kier molecular flexibility index (Phi) is 4.25. The summed E-state index contributed by atoms with van der Waals surface area (Å²) in [5, 5.41) is 9.23. The Labute approximate surface area is 123 Å². The minimum atomic E-state index is -4.78. The number of ether oxygens (including phenoxy) is 2. The van der Waals surface area contributed by atoms with Gasteiger partial charge in [-0.3, -0.25) is 0 Å². The van der Waals surface area contributed by atoms with E-state index in [1.807, 2.05) is 0 Å². The molecule has 116 valence electrons. The summed E-state index contributed by atoms with van der Waals surface area (Å²) in [5.74, 6) is -1.24. The molecule has 0 aliphatic heterocycles. The SMILES string of the molecule is COc1cccc(C(=O)O)c1-c1ccc(OC(F)(F)F)cc1. The van der Waals surface area contributed by atoms with E-state index in [1.54, 1.807) is 6.07 Å². The average Bonchev–Trinajstić information content (AvgIpc) is 2.45. The van der Waals surface area contributed by atoms with Gasteiger partial charge in [-0.2, -0.15) is 0 Å². The zero-order valence-electron chi connectivity index (χ0n) is 11.3. The molecule has 0 aromatic heterocycles. The van der Waals surface area contributed by atoms with Crippen LogP contribution < -0.4 is 9.47 Å². The highest BCUT2D eigenvalue weighted by molar-refractivity contribution is 5.98. The van der Waals surface area contributed by atoms with Crippen molar-refractivity contribution >= 4 is 5.97 Å². The van der Waals surface area contributed by atoms with Crippen molar-refractivity contribution in [3.05, 3.63) is 48.0 Å². The Hall–Kier alpha value is -2.70. The van der Waals surface area contributed by atoms with Gasteiger partial charge in [-0.1, -0.05) is 18.2 Å². The monoisotopic (exact) mass is 312 g/mol. The Morgan fingerprint density at radius 2 is 1.73 bits per heavy atom. The van der Waals surface area contributed by atoms with Crippen LogP contribution in [0.5, 0.6) is 11.5 Å². The second kappa shape index (κ2) is 5.97. The number of alkyl halides is 3. The zero-order chi connectivity index (χ0) is 16.3. The molecule has 0 radical (unpaired) electrons. The van der Waals surface area contributed by atoms with Crippen molar-refractivity contribution in [1.82, 2.24) is 0 Å². The molecule has 2 aromatic rings. The van der Waals surface area contributed by atoms with Gasteiger partial charge in [0, 0.05) is 5.56 Å². The first-order valence-corrected chi connectivity index (χ1v) is 6.08. The highest BCUT2D eigenvalue weighted by atomic mass is 19.4. The number of halogens is 3. The van der Waals surface area contributed by atoms with Crippen LogP contribution in [-0.2, 0) is 0 Å². The molecular formula is C15H11F3O4. The molecule has 0 amide bonds. The van der Waals surface area contributed by atoms with E-state index in [9.17, 15) is 23.1 Å². The fourth-order valence-electron chi connectivity index (χ4n) is 2.00. The van der Waals surface area contributed by atoms with Gasteiger partial charge in [-0.05, 0) is 29.8 Å². The van der Waals surface area contributed by atoms with Gasteiger partial charge in [0.2, 0.25) is 0 Å². The predicted molar refractivity (Wildman–Crippen MR) is 72.1 cm³/mol. The number of carbonyl (C=O) groups is 1. The number of hydrogen-bond donors (Lipinski definition) is 1. The first-order chi connectivity index (χ1) is 10.3. The lowest BCUT2D eigenvalue weighted by molar-refractivity contribution is -0.274. The van der Waals surface area contributed by atoms with Gasteiger partial charge in [0.1, 0.15) is 11.5 Å². The number of carboxylic acids is 1. The lowest BCUT2D eigenvalue weighted by Crippen LogP contribution is -2.16. The van der Waals surface area contributed by atoms with Crippen LogP contribution in [0.3, 0.4) is 0 Å². The quantitative estimate of drug-likeness (QED) is 0.928. The summed E-state index contributed by atoms with van der Waals surface area (Å²) in [4.78, 5) is 11.3. The van der Waals surface area contributed by atoms with E-state index >= 15 is 0 Å². The minimum Gasteiger partial charge on any atom is -0.496 e. The summed E-state index contributed by atoms with van der Waals surface area (Å²) < 4.78 is 45.3. The Bertz CT molecular complexity index is 678. The van der Waals surface area contributed by atoms with Crippen LogP contribution in [-0.4, -0.2) is 24.5 Å². The topological polar surface area (TPSA) is 55.8 Å². The van der Waals surface area contributed by atoms with Gasteiger partial charge in [0.15, 0.2) is 0 Å². The van der Waals surface area contributed by atoms with Crippen LogP contribution in [0.25, 0.3) is 11.1 Å². The fraction of sp³-hybridized carbons (Fsp3) is 0.133. The molecule has 0 bridgehead atoms. The van der Waals surface area contributed by atoms with Crippen LogP contribution in [0.15, 0.2) is 42.5 Å². The van der Waals surface area contributed by atoms with Gasteiger partial charge in [0.05, 0.1) is 12.7 Å². The Morgan fingerprint density at radius 3 is 2.23 bits per heavy atom. The fourth-order valence-corrected chi connectivity index (χ4v) is 2.00. The molecule has 0 unspecified atom stereocenters. The molecule has 4 nitrogen and oxygen atoms in total. The number of hydrogen-bond acceptors (Lipinski definition) is 3. The van der Waals surface area contributed by atoms with E-state index in [-0.39, 0.29) is 16.9 Å². The highest BCUT2D eigenvalue weighted by Crippen LogP contribution is 2.35. The van der Waals surface area contributed by atoms with E-state index in [4.69, 9.17) is 4.74 Å². The summed E-state index contributed by atoms with van der Waals surface area (Å²) in [6, 6.07) is 9.38. The molecule has 0 heterocycles. The molecule has 0 aliphatic rings. The molecule has 0 spiro atoms. The number of methoxy groups -OCH3 is 1. The summed E-state index contributed by atoms with van der Waals surface area (Å²) in [6.07, 6.45) is -4.78. The van der Waals surface area contributed by atoms with Crippen molar-refractivity contribution in [2.24, 2.45) is 0 Å². The van der Waals surface area contributed by atoms with Crippen LogP contribution in [0.4, 0.5) is 13.2 Å². The van der Waals surface area contributed by atoms with Gasteiger partial charge < -0.3 is 14.6 Å². The van der Waals surface area contributed by atoms with E-state index in [2.05, 4.69) is 4.74 Å². The number of benzene rings is 2. The third-order valence-corrected chi connectivity index (χ3v) is 2.85. The van der Waals surface area contributed by atoms with E-state index in [0.29, 0.717) is 11.3 Å². The first-order valence-electron chi connectivity index (χ1n) is 6.08. The second-order valence-corrected chi connectivity index (χ2v) is 4.26. The lowest BCUT2D eigenvalue weighted by Gasteiger charge is -2.13. The number of rotatable bonds is 4. The molecule has 0 atom stereocenters. The standard InChI is InChI=1S/C15H11F3O4/c1-21-12-4-2-3-11(14(19)20)13(12)9-5-7-10(8-6-9)22-15(16,17)18/h2-8H,1H3,(H,19,20). The van der Waals surface area contributed by atoms with Crippen molar-refractivity contribution in [3.8, 4) is 22.6 Å². The van der Waals surface area contributed by atoms with Crippen molar-refractivity contribution in [2.45, 2.75) is 6.36 Å².